The topological polar surface area (TPSA) is 186 Å². The van der Waals surface area contributed by atoms with E-state index in [0.29, 0.717) is 25.7 Å². The van der Waals surface area contributed by atoms with Gasteiger partial charge in [-0.3, -0.25) is 9.05 Å². The standard InChI is InChI=1S/C34H50N3O11P/c1-3-4-21-30(31(38)39)37(2)32(35)36-49(42,47-26-13-24-45-33(40)43-22-11-19-28-15-7-5-8-16-28)48-27-14-25-46-34(41)44-23-12-20-29-17-9-6-10-18-29/h5-10,15-18,30H,3-4,11-14,19-27H2,1-2H3,(H,38,39)(H2,35,36,42). The number of guanidine groups is 1. The van der Waals surface area contributed by atoms with Crippen LogP contribution >= 0.6 is 7.75 Å². The zero-order chi connectivity index (χ0) is 35.7. The number of hydrogen-bond acceptors (Lipinski definition) is 10. The number of carbonyl (C=O) groups is 3. The summed E-state index contributed by atoms with van der Waals surface area (Å²) in [5.74, 6) is -1.46. The maximum absolute atomic E-state index is 13.6. The fourth-order valence-corrected chi connectivity index (χ4v) is 5.66. The number of unbranched alkanes of at least 4 members (excludes halogenated alkanes) is 1. The second-order valence-electron chi connectivity index (χ2n) is 11.0. The average molecular weight is 708 g/mol. The zero-order valence-electron chi connectivity index (χ0n) is 28.4. The maximum atomic E-state index is 13.6. The lowest BCUT2D eigenvalue weighted by molar-refractivity contribution is -0.141. The van der Waals surface area contributed by atoms with Crippen LogP contribution in [0.5, 0.6) is 0 Å². The van der Waals surface area contributed by atoms with Crippen molar-refractivity contribution in [3.8, 4) is 0 Å². The highest BCUT2D eigenvalue weighted by atomic mass is 31.2. The van der Waals surface area contributed by atoms with E-state index in [1.54, 1.807) is 0 Å². The van der Waals surface area contributed by atoms with Crippen LogP contribution in [-0.4, -0.2) is 87.0 Å². The van der Waals surface area contributed by atoms with Crippen molar-refractivity contribution < 1.29 is 52.1 Å². The predicted molar refractivity (Wildman–Crippen MR) is 183 cm³/mol. The van der Waals surface area contributed by atoms with Gasteiger partial charge in [0.25, 0.3) is 0 Å². The molecule has 0 heterocycles. The number of nitrogens with two attached hydrogens (primary N) is 1. The summed E-state index contributed by atoms with van der Waals surface area (Å²) in [6, 6.07) is 18.6. The maximum Gasteiger partial charge on any atom is 0.508 e. The molecular formula is C34H50N3O11P. The number of carboxylic acid groups (broad SMARTS) is 1. The van der Waals surface area contributed by atoms with E-state index >= 15 is 0 Å². The highest BCUT2D eigenvalue weighted by molar-refractivity contribution is 7.52. The summed E-state index contributed by atoms with van der Waals surface area (Å²) in [5, 5.41) is 9.66. The molecule has 2 aromatic carbocycles. The molecule has 0 bridgehead atoms. The Morgan fingerprint density at radius 3 is 1.57 bits per heavy atom. The fraction of sp³-hybridized carbons (Fsp3) is 0.529. The van der Waals surface area contributed by atoms with Crippen molar-refractivity contribution in [2.24, 2.45) is 10.5 Å². The summed E-state index contributed by atoms with van der Waals surface area (Å²) in [5.41, 5.74) is 8.33. The molecule has 0 aliphatic heterocycles. The van der Waals surface area contributed by atoms with Gasteiger partial charge in [0, 0.05) is 19.9 Å². The Kier molecular flexibility index (Phi) is 20.2. The molecule has 0 spiro atoms. The van der Waals surface area contributed by atoms with Crippen LogP contribution in [0.25, 0.3) is 0 Å². The van der Waals surface area contributed by atoms with Crippen LogP contribution < -0.4 is 5.73 Å². The van der Waals surface area contributed by atoms with Crippen LogP contribution in [0.4, 0.5) is 9.59 Å². The molecule has 1 atom stereocenters. The summed E-state index contributed by atoms with van der Waals surface area (Å²) < 4.78 is 48.7. The van der Waals surface area contributed by atoms with Crippen molar-refractivity contribution >= 4 is 32.0 Å². The van der Waals surface area contributed by atoms with E-state index in [0.717, 1.165) is 30.4 Å². The van der Waals surface area contributed by atoms with Crippen LogP contribution in [-0.2, 0) is 50.2 Å². The molecule has 0 fully saturated rings. The van der Waals surface area contributed by atoms with Gasteiger partial charge >= 0.3 is 26.0 Å². The minimum atomic E-state index is -4.27. The van der Waals surface area contributed by atoms with Crippen LogP contribution in [0.2, 0.25) is 0 Å². The Balaban J connectivity index is 1.80. The Labute approximate surface area is 288 Å². The summed E-state index contributed by atoms with van der Waals surface area (Å²) in [6.07, 6.45) is 3.07. The van der Waals surface area contributed by atoms with Crippen LogP contribution in [0, 0.1) is 0 Å². The molecule has 0 aromatic heterocycles. The van der Waals surface area contributed by atoms with Gasteiger partial charge < -0.3 is 34.7 Å². The fourth-order valence-electron chi connectivity index (χ4n) is 4.36. The molecule has 0 amide bonds. The van der Waals surface area contributed by atoms with Gasteiger partial charge in [0.15, 0.2) is 0 Å². The van der Waals surface area contributed by atoms with E-state index in [9.17, 15) is 24.1 Å². The van der Waals surface area contributed by atoms with Gasteiger partial charge in [-0.25, -0.2) is 18.9 Å². The van der Waals surface area contributed by atoms with Gasteiger partial charge in [0.05, 0.1) is 39.6 Å². The molecule has 0 aliphatic rings. The molecule has 1 unspecified atom stereocenters. The molecule has 49 heavy (non-hydrogen) atoms. The Morgan fingerprint density at radius 1 is 0.735 bits per heavy atom. The lowest BCUT2D eigenvalue weighted by Gasteiger charge is -2.26. The molecular weight excluding hydrogens is 657 g/mol. The molecule has 15 heteroatoms. The number of rotatable bonds is 24. The van der Waals surface area contributed by atoms with Gasteiger partial charge in [-0.2, -0.15) is 0 Å². The van der Waals surface area contributed by atoms with Gasteiger partial charge in [-0.05, 0) is 43.2 Å². The molecule has 272 valence electrons. The Hall–Kier alpha value is -4.13. The molecule has 2 rings (SSSR count). The first-order valence-corrected chi connectivity index (χ1v) is 18.0. The largest absolute Gasteiger partial charge is 0.508 e. The summed E-state index contributed by atoms with van der Waals surface area (Å²) >= 11 is 0. The molecule has 2 aromatic rings. The quantitative estimate of drug-likeness (QED) is 0.0403. The van der Waals surface area contributed by atoms with Gasteiger partial charge in [0.1, 0.15) is 6.04 Å². The number of aliphatic carboxylic acids is 1. The number of benzene rings is 2. The van der Waals surface area contributed by atoms with E-state index in [-0.39, 0.29) is 58.4 Å². The van der Waals surface area contributed by atoms with Crippen molar-refractivity contribution in [3.05, 3.63) is 71.8 Å². The first-order chi connectivity index (χ1) is 23.6. The Morgan fingerprint density at radius 2 is 1.16 bits per heavy atom. The van der Waals surface area contributed by atoms with E-state index in [4.69, 9.17) is 33.7 Å². The first kappa shape index (κ1) is 41.0. The number of nitrogens with zero attached hydrogens (tertiary/aromatic N) is 2. The predicted octanol–water partition coefficient (Wildman–Crippen LogP) is 6.37. The number of carbonyl (C=O) groups excluding carboxylic acids is 2. The summed E-state index contributed by atoms with van der Waals surface area (Å²) in [7, 11) is -2.84. The van der Waals surface area contributed by atoms with Gasteiger partial charge in [0.2, 0.25) is 5.96 Å². The summed E-state index contributed by atoms with van der Waals surface area (Å²) in [4.78, 5) is 36.8. The van der Waals surface area contributed by atoms with E-state index in [1.165, 1.54) is 11.9 Å². The third-order valence-corrected chi connectivity index (χ3v) is 8.51. The van der Waals surface area contributed by atoms with Crippen molar-refractivity contribution in [1.29, 1.82) is 0 Å². The number of carboxylic acids is 1. The molecule has 0 radical (unpaired) electrons. The monoisotopic (exact) mass is 707 g/mol. The van der Waals surface area contributed by atoms with Crippen LogP contribution in [0.15, 0.2) is 65.4 Å². The molecule has 0 saturated carbocycles. The lowest BCUT2D eigenvalue weighted by Crippen LogP contribution is -2.46. The highest BCUT2D eigenvalue weighted by Crippen LogP contribution is 2.50. The first-order valence-electron chi connectivity index (χ1n) is 16.5. The number of aryl methyl sites for hydroxylation is 2. The average Bonchev–Trinajstić information content (AvgIpc) is 3.09. The second-order valence-corrected chi connectivity index (χ2v) is 12.6. The number of likely N-dealkylation sites (N-methyl/N-ethyl adjacent to an activating group) is 1. The third-order valence-electron chi connectivity index (χ3n) is 7.04. The highest BCUT2D eigenvalue weighted by Gasteiger charge is 2.29. The minimum Gasteiger partial charge on any atom is -0.480 e. The normalized spacial score (nSPS) is 12.2. The van der Waals surface area contributed by atoms with Crippen molar-refractivity contribution in [3.63, 3.8) is 0 Å². The molecule has 0 saturated heterocycles. The van der Waals surface area contributed by atoms with E-state index in [2.05, 4.69) is 4.76 Å². The van der Waals surface area contributed by atoms with Crippen molar-refractivity contribution in [2.45, 2.75) is 70.8 Å². The molecule has 3 N–H and O–H groups in total. The number of ether oxygens (including phenoxy) is 4. The van der Waals surface area contributed by atoms with Crippen molar-refractivity contribution in [1.82, 2.24) is 4.90 Å². The minimum absolute atomic E-state index is 0.0873. The molecule has 0 aliphatic carbocycles. The number of hydrogen-bond donors (Lipinski definition) is 2. The molecule has 14 nitrogen and oxygen atoms in total. The van der Waals surface area contributed by atoms with Crippen molar-refractivity contribution in [2.75, 3.05) is 46.7 Å². The van der Waals surface area contributed by atoms with Gasteiger partial charge in [-0.1, -0.05) is 80.4 Å². The van der Waals surface area contributed by atoms with E-state index < -0.39 is 32.1 Å². The van der Waals surface area contributed by atoms with Gasteiger partial charge in [-0.15, -0.1) is 4.76 Å². The SMILES string of the molecule is CCCCC(C(=O)O)N(C)C(N)=NP(=O)(OCCCOC(=O)OCCCc1ccccc1)OCCCOC(=O)OCCCc1ccccc1. The van der Waals surface area contributed by atoms with E-state index in [1.807, 2.05) is 67.6 Å². The lowest BCUT2D eigenvalue weighted by atomic mass is 10.1. The van der Waals surface area contributed by atoms with Crippen LogP contribution in [0.1, 0.15) is 63.0 Å². The third kappa shape index (κ3) is 18.3. The smallest absolute Gasteiger partial charge is 0.480 e. The van der Waals surface area contributed by atoms with Crippen LogP contribution in [0.3, 0.4) is 0 Å². The Bertz CT molecular complexity index is 1240. The summed E-state index contributed by atoms with van der Waals surface area (Å²) in [6.45, 7) is 1.76. The second kappa shape index (κ2) is 24.1. The zero-order valence-corrected chi connectivity index (χ0v) is 29.3.